The highest BCUT2D eigenvalue weighted by Gasteiger charge is 2.30. The fourth-order valence-electron chi connectivity index (χ4n) is 2.82. The SMILES string of the molecule is CN(C)C1CCN(C(=O)c2cccs2)c2ccccc21. The van der Waals surface area contributed by atoms with Crippen LogP contribution in [0, 0.1) is 0 Å². The number of amides is 1. The number of rotatable bonds is 2. The molecule has 0 bridgehead atoms. The van der Waals surface area contributed by atoms with E-state index in [1.165, 1.54) is 16.9 Å². The number of hydrogen-bond donors (Lipinski definition) is 0. The number of thiophene rings is 1. The standard InChI is InChI=1S/C16H18N2OS/c1-17(2)13-9-10-18(14-7-4-3-6-12(13)14)16(19)15-8-5-11-20-15/h3-8,11,13H,9-10H2,1-2H3. The zero-order valence-corrected chi connectivity index (χ0v) is 12.6. The molecule has 3 rings (SSSR count). The minimum absolute atomic E-state index is 0.115. The number of carbonyl (C=O) groups is 1. The van der Waals surface area contributed by atoms with Crippen LogP contribution in [0.4, 0.5) is 5.69 Å². The Kier molecular flexibility index (Phi) is 3.59. The van der Waals surface area contributed by atoms with Crippen LogP contribution < -0.4 is 4.90 Å². The van der Waals surface area contributed by atoms with Crippen molar-refractivity contribution < 1.29 is 4.79 Å². The molecule has 1 unspecified atom stereocenters. The van der Waals surface area contributed by atoms with Crippen molar-refractivity contribution in [2.24, 2.45) is 0 Å². The second kappa shape index (κ2) is 5.38. The van der Waals surface area contributed by atoms with Crippen LogP contribution in [-0.2, 0) is 0 Å². The van der Waals surface area contributed by atoms with Gasteiger partial charge in [-0.3, -0.25) is 4.79 Å². The number of fused-ring (bicyclic) bond motifs is 1. The normalized spacial score (nSPS) is 18.1. The van der Waals surface area contributed by atoms with Gasteiger partial charge in [0.15, 0.2) is 0 Å². The van der Waals surface area contributed by atoms with Crippen LogP contribution in [0.25, 0.3) is 0 Å². The van der Waals surface area contributed by atoms with Crippen molar-refractivity contribution in [1.82, 2.24) is 4.90 Å². The number of anilines is 1. The molecule has 1 aromatic carbocycles. The molecule has 3 nitrogen and oxygen atoms in total. The molecule has 2 heterocycles. The Balaban J connectivity index is 1.99. The van der Waals surface area contributed by atoms with Crippen molar-refractivity contribution in [3.63, 3.8) is 0 Å². The molecule has 104 valence electrons. The number of nitrogens with zero attached hydrogens (tertiary/aromatic N) is 2. The maximum absolute atomic E-state index is 12.6. The Morgan fingerprint density at radius 2 is 2.05 bits per heavy atom. The molecule has 1 amide bonds. The Morgan fingerprint density at radius 1 is 1.25 bits per heavy atom. The first-order chi connectivity index (χ1) is 9.68. The lowest BCUT2D eigenvalue weighted by molar-refractivity contribution is 0.0984. The van der Waals surface area contributed by atoms with Crippen molar-refractivity contribution in [1.29, 1.82) is 0 Å². The highest BCUT2D eigenvalue weighted by atomic mass is 32.1. The van der Waals surface area contributed by atoms with Gasteiger partial charge in [-0.1, -0.05) is 24.3 Å². The molecule has 1 aliphatic heterocycles. The van der Waals surface area contributed by atoms with E-state index in [4.69, 9.17) is 0 Å². The summed E-state index contributed by atoms with van der Waals surface area (Å²) in [5.41, 5.74) is 2.30. The van der Waals surface area contributed by atoms with Gasteiger partial charge in [0.25, 0.3) is 5.91 Å². The molecule has 0 radical (unpaired) electrons. The van der Waals surface area contributed by atoms with E-state index in [2.05, 4.69) is 37.2 Å². The summed E-state index contributed by atoms with van der Waals surface area (Å²) in [5, 5.41) is 1.95. The topological polar surface area (TPSA) is 23.6 Å². The molecule has 1 atom stereocenters. The summed E-state index contributed by atoms with van der Waals surface area (Å²) in [6.45, 7) is 0.774. The maximum Gasteiger partial charge on any atom is 0.268 e. The minimum Gasteiger partial charge on any atom is -0.307 e. The van der Waals surface area contributed by atoms with Crippen LogP contribution in [0.5, 0.6) is 0 Å². The lowest BCUT2D eigenvalue weighted by atomic mass is 9.95. The molecule has 0 aliphatic carbocycles. The van der Waals surface area contributed by atoms with Crippen LogP contribution in [0.15, 0.2) is 41.8 Å². The van der Waals surface area contributed by atoms with Gasteiger partial charge in [0.2, 0.25) is 0 Å². The van der Waals surface area contributed by atoms with Crippen LogP contribution in [-0.4, -0.2) is 31.4 Å². The van der Waals surface area contributed by atoms with E-state index in [0.717, 1.165) is 23.5 Å². The molecule has 1 aliphatic rings. The first kappa shape index (κ1) is 13.3. The number of para-hydroxylation sites is 1. The summed E-state index contributed by atoms with van der Waals surface area (Å²) in [6.07, 6.45) is 0.973. The number of hydrogen-bond acceptors (Lipinski definition) is 3. The molecular weight excluding hydrogens is 268 g/mol. The second-order valence-electron chi connectivity index (χ2n) is 5.26. The van der Waals surface area contributed by atoms with Crippen LogP contribution in [0.3, 0.4) is 0 Å². The van der Waals surface area contributed by atoms with Gasteiger partial charge < -0.3 is 9.80 Å². The van der Waals surface area contributed by atoms with E-state index in [1.807, 2.05) is 28.5 Å². The van der Waals surface area contributed by atoms with Crippen molar-refractivity contribution in [3.8, 4) is 0 Å². The van der Waals surface area contributed by atoms with E-state index >= 15 is 0 Å². The minimum atomic E-state index is 0.115. The highest BCUT2D eigenvalue weighted by molar-refractivity contribution is 7.12. The smallest absolute Gasteiger partial charge is 0.268 e. The third-order valence-electron chi connectivity index (χ3n) is 3.81. The molecule has 1 aromatic heterocycles. The molecule has 0 spiro atoms. The Morgan fingerprint density at radius 3 is 2.75 bits per heavy atom. The monoisotopic (exact) mass is 286 g/mol. The molecule has 20 heavy (non-hydrogen) atoms. The quantitative estimate of drug-likeness (QED) is 0.844. The van der Waals surface area contributed by atoms with E-state index < -0.39 is 0 Å². The Bertz CT molecular complexity index is 607. The van der Waals surface area contributed by atoms with Crippen LogP contribution in [0.1, 0.15) is 27.7 Å². The third kappa shape index (κ3) is 2.25. The molecule has 0 saturated heterocycles. The first-order valence-corrected chi connectivity index (χ1v) is 7.67. The molecule has 2 aromatic rings. The molecule has 0 N–H and O–H groups in total. The van der Waals surface area contributed by atoms with E-state index in [-0.39, 0.29) is 5.91 Å². The summed E-state index contributed by atoms with van der Waals surface area (Å²) >= 11 is 1.50. The first-order valence-electron chi connectivity index (χ1n) is 6.79. The summed E-state index contributed by atoms with van der Waals surface area (Å²) < 4.78 is 0. The summed E-state index contributed by atoms with van der Waals surface area (Å²) in [7, 11) is 4.19. The van der Waals surface area contributed by atoms with E-state index in [9.17, 15) is 4.79 Å². The van der Waals surface area contributed by atoms with Gasteiger partial charge in [0.1, 0.15) is 0 Å². The van der Waals surface area contributed by atoms with E-state index in [0.29, 0.717) is 6.04 Å². The maximum atomic E-state index is 12.6. The van der Waals surface area contributed by atoms with Gasteiger partial charge in [-0.05, 0) is 43.6 Å². The zero-order chi connectivity index (χ0) is 14.1. The second-order valence-corrected chi connectivity index (χ2v) is 6.21. The molecule has 0 saturated carbocycles. The predicted molar refractivity (Wildman–Crippen MR) is 83.5 cm³/mol. The van der Waals surface area contributed by atoms with Gasteiger partial charge in [0.05, 0.1) is 4.88 Å². The summed E-state index contributed by atoms with van der Waals surface area (Å²) in [6, 6.07) is 12.5. The van der Waals surface area contributed by atoms with Gasteiger partial charge in [-0.2, -0.15) is 0 Å². The van der Waals surface area contributed by atoms with E-state index in [1.54, 1.807) is 0 Å². The van der Waals surface area contributed by atoms with Gasteiger partial charge in [-0.15, -0.1) is 11.3 Å². The van der Waals surface area contributed by atoms with Gasteiger partial charge >= 0.3 is 0 Å². The average molecular weight is 286 g/mol. The fourth-order valence-corrected chi connectivity index (χ4v) is 3.49. The molecular formula is C16H18N2OS. The van der Waals surface area contributed by atoms with Gasteiger partial charge in [0, 0.05) is 18.3 Å². The number of benzene rings is 1. The molecule has 4 heteroatoms. The van der Waals surface area contributed by atoms with Crippen LogP contribution in [0.2, 0.25) is 0 Å². The Hall–Kier alpha value is -1.65. The summed E-state index contributed by atoms with van der Waals surface area (Å²) in [5.74, 6) is 0.115. The van der Waals surface area contributed by atoms with Crippen LogP contribution >= 0.6 is 11.3 Å². The highest BCUT2D eigenvalue weighted by Crippen LogP contribution is 2.37. The third-order valence-corrected chi connectivity index (χ3v) is 4.67. The predicted octanol–water partition coefficient (Wildman–Crippen LogP) is 3.40. The van der Waals surface area contributed by atoms with Crippen molar-refractivity contribution in [2.75, 3.05) is 25.5 Å². The lowest BCUT2D eigenvalue weighted by Crippen LogP contribution is -2.39. The average Bonchev–Trinajstić information content (AvgIpc) is 2.99. The zero-order valence-electron chi connectivity index (χ0n) is 11.7. The van der Waals surface area contributed by atoms with Crippen molar-refractivity contribution in [2.45, 2.75) is 12.5 Å². The largest absolute Gasteiger partial charge is 0.307 e. The Labute approximate surface area is 123 Å². The lowest BCUT2D eigenvalue weighted by Gasteiger charge is -2.37. The summed E-state index contributed by atoms with van der Waals surface area (Å²) in [4.78, 5) is 17.6. The number of carbonyl (C=O) groups excluding carboxylic acids is 1. The van der Waals surface area contributed by atoms with Crippen molar-refractivity contribution >= 4 is 22.9 Å². The van der Waals surface area contributed by atoms with Crippen molar-refractivity contribution in [3.05, 3.63) is 52.2 Å². The molecule has 0 fully saturated rings. The fraction of sp³-hybridized carbons (Fsp3) is 0.312. The van der Waals surface area contributed by atoms with Gasteiger partial charge in [-0.25, -0.2) is 0 Å².